The molecule has 1 aromatic rings. The second kappa shape index (κ2) is 7.60. The number of hydrogen-bond acceptors (Lipinski definition) is 7. The summed E-state index contributed by atoms with van der Waals surface area (Å²) in [5.74, 6) is -0.634. The predicted molar refractivity (Wildman–Crippen MR) is 89.3 cm³/mol. The molecule has 10 heteroatoms. The molecule has 0 spiro atoms. The van der Waals surface area contributed by atoms with Crippen molar-refractivity contribution in [2.75, 3.05) is 33.3 Å². The molecule has 2 rings (SSSR count). The largest absolute Gasteiger partial charge is 0.465 e. The lowest BCUT2D eigenvalue weighted by Gasteiger charge is -2.34. The maximum atomic E-state index is 12.6. The van der Waals surface area contributed by atoms with Crippen LogP contribution < -0.4 is 5.73 Å². The molecule has 24 heavy (non-hydrogen) atoms. The quantitative estimate of drug-likeness (QED) is 0.731. The van der Waals surface area contributed by atoms with Gasteiger partial charge in [0, 0.05) is 44.0 Å². The number of carbonyl (C=O) groups excluding carboxylic acids is 2. The van der Waals surface area contributed by atoms with E-state index in [1.165, 1.54) is 22.9 Å². The fraction of sp³-hybridized carbons (Fsp3) is 0.571. The Morgan fingerprint density at radius 3 is 2.50 bits per heavy atom. The molecule has 1 unspecified atom stereocenters. The van der Waals surface area contributed by atoms with E-state index < -0.39 is 16.0 Å². The summed E-state index contributed by atoms with van der Waals surface area (Å²) in [6, 6.07) is 1.10. The highest BCUT2D eigenvalue weighted by molar-refractivity contribution is 7.91. The van der Waals surface area contributed by atoms with Gasteiger partial charge in [0.2, 0.25) is 5.91 Å². The summed E-state index contributed by atoms with van der Waals surface area (Å²) in [6.07, 6.45) is 0.250. The minimum atomic E-state index is -3.67. The van der Waals surface area contributed by atoms with Crippen molar-refractivity contribution in [3.8, 4) is 0 Å². The Morgan fingerprint density at radius 2 is 1.96 bits per heavy atom. The lowest BCUT2D eigenvalue weighted by Crippen LogP contribution is -2.51. The highest BCUT2D eigenvalue weighted by Gasteiger charge is 2.31. The minimum Gasteiger partial charge on any atom is -0.465 e. The Kier molecular flexibility index (Phi) is 5.97. The molecule has 1 saturated heterocycles. The molecule has 2 heterocycles. The summed E-state index contributed by atoms with van der Waals surface area (Å²) in [7, 11) is -2.43. The average Bonchev–Trinajstić information content (AvgIpc) is 3.04. The van der Waals surface area contributed by atoms with Crippen LogP contribution in [0.5, 0.6) is 0 Å². The van der Waals surface area contributed by atoms with E-state index in [-0.39, 0.29) is 41.2 Å². The number of hydrogen-bond donors (Lipinski definition) is 1. The van der Waals surface area contributed by atoms with Crippen LogP contribution in [0.25, 0.3) is 0 Å². The molecular formula is C14H21N3O5S2. The zero-order chi connectivity index (χ0) is 17.9. The standard InChI is InChI=1S/C14H21N3O5S2/c1-10(15)7-12(18)16-3-5-17(6-4-16)24(20,21)13-8-11(9-23-13)14(19)22-2/h8-10H,3-7,15H2,1-2H3. The molecular weight excluding hydrogens is 354 g/mol. The molecule has 1 aromatic heterocycles. The number of rotatable bonds is 5. The maximum absolute atomic E-state index is 12.6. The molecule has 1 aliphatic heterocycles. The van der Waals surface area contributed by atoms with Crippen molar-refractivity contribution in [3.63, 3.8) is 0 Å². The van der Waals surface area contributed by atoms with Crippen LogP contribution in [0.2, 0.25) is 0 Å². The van der Waals surface area contributed by atoms with E-state index in [4.69, 9.17) is 5.73 Å². The van der Waals surface area contributed by atoms with Crippen LogP contribution in [0.1, 0.15) is 23.7 Å². The molecule has 0 bridgehead atoms. The number of amides is 1. The number of methoxy groups -OCH3 is 1. The summed E-state index contributed by atoms with van der Waals surface area (Å²) in [5.41, 5.74) is 5.84. The summed E-state index contributed by atoms with van der Waals surface area (Å²) in [4.78, 5) is 25.1. The van der Waals surface area contributed by atoms with E-state index in [1.807, 2.05) is 0 Å². The number of ether oxygens (including phenoxy) is 1. The third kappa shape index (κ3) is 4.12. The Morgan fingerprint density at radius 1 is 1.33 bits per heavy atom. The lowest BCUT2D eigenvalue weighted by molar-refractivity contribution is -0.132. The third-order valence-electron chi connectivity index (χ3n) is 3.68. The van der Waals surface area contributed by atoms with Gasteiger partial charge in [-0.15, -0.1) is 11.3 Å². The van der Waals surface area contributed by atoms with Gasteiger partial charge in [-0.2, -0.15) is 4.31 Å². The van der Waals surface area contributed by atoms with E-state index in [0.717, 1.165) is 11.3 Å². The van der Waals surface area contributed by atoms with Crippen LogP contribution in [0.15, 0.2) is 15.7 Å². The van der Waals surface area contributed by atoms with Gasteiger partial charge in [-0.05, 0) is 13.0 Å². The second-order valence-electron chi connectivity index (χ2n) is 5.61. The summed E-state index contributed by atoms with van der Waals surface area (Å²) >= 11 is 0.982. The molecule has 1 amide bonds. The molecule has 1 aliphatic rings. The summed E-state index contributed by atoms with van der Waals surface area (Å²) in [6.45, 7) is 2.87. The fourth-order valence-corrected chi connectivity index (χ4v) is 5.11. The van der Waals surface area contributed by atoms with E-state index in [2.05, 4.69) is 4.74 Å². The third-order valence-corrected chi connectivity index (χ3v) is 6.99. The van der Waals surface area contributed by atoms with Crippen LogP contribution in [0.4, 0.5) is 0 Å². The van der Waals surface area contributed by atoms with E-state index in [1.54, 1.807) is 11.8 Å². The van der Waals surface area contributed by atoms with Crippen LogP contribution >= 0.6 is 11.3 Å². The van der Waals surface area contributed by atoms with Crippen molar-refractivity contribution >= 4 is 33.2 Å². The number of esters is 1. The molecule has 1 atom stereocenters. The van der Waals surface area contributed by atoms with Gasteiger partial charge in [0.25, 0.3) is 10.0 Å². The molecule has 0 radical (unpaired) electrons. The first kappa shape index (κ1) is 18.8. The Bertz CT molecular complexity index is 706. The molecule has 0 saturated carbocycles. The molecule has 0 aliphatic carbocycles. The number of nitrogens with two attached hydrogens (primary N) is 1. The fourth-order valence-electron chi connectivity index (χ4n) is 2.39. The van der Waals surface area contributed by atoms with Gasteiger partial charge in [-0.3, -0.25) is 4.79 Å². The van der Waals surface area contributed by atoms with Gasteiger partial charge < -0.3 is 15.4 Å². The van der Waals surface area contributed by atoms with Crippen molar-refractivity contribution in [2.45, 2.75) is 23.6 Å². The van der Waals surface area contributed by atoms with E-state index >= 15 is 0 Å². The van der Waals surface area contributed by atoms with Crippen LogP contribution in [-0.2, 0) is 19.6 Å². The maximum Gasteiger partial charge on any atom is 0.338 e. The second-order valence-corrected chi connectivity index (χ2v) is 8.69. The SMILES string of the molecule is COC(=O)c1csc(S(=O)(=O)N2CCN(C(=O)CC(C)N)CC2)c1. The molecule has 2 N–H and O–H groups in total. The first-order chi connectivity index (χ1) is 11.3. The smallest absolute Gasteiger partial charge is 0.338 e. The van der Waals surface area contributed by atoms with Crippen molar-refractivity contribution in [1.82, 2.24) is 9.21 Å². The van der Waals surface area contributed by atoms with Gasteiger partial charge >= 0.3 is 5.97 Å². The highest BCUT2D eigenvalue weighted by Crippen LogP contribution is 2.25. The van der Waals surface area contributed by atoms with Crippen molar-refractivity contribution < 1.29 is 22.7 Å². The first-order valence-corrected chi connectivity index (χ1v) is 9.78. The van der Waals surface area contributed by atoms with Crippen LogP contribution in [0.3, 0.4) is 0 Å². The summed E-state index contributed by atoms with van der Waals surface area (Å²) in [5, 5.41) is 1.46. The average molecular weight is 375 g/mol. The van der Waals surface area contributed by atoms with Crippen molar-refractivity contribution in [3.05, 3.63) is 17.0 Å². The zero-order valence-electron chi connectivity index (χ0n) is 13.6. The normalized spacial score (nSPS) is 17.5. The molecule has 134 valence electrons. The van der Waals surface area contributed by atoms with Crippen molar-refractivity contribution in [2.24, 2.45) is 5.73 Å². The van der Waals surface area contributed by atoms with Gasteiger partial charge in [0.15, 0.2) is 0 Å². The van der Waals surface area contributed by atoms with Gasteiger partial charge in [0.05, 0.1) is 12.7 Å². The molecule has 0 aromatic carbocycles. The van der Waals surface area contributed by atoms with E-state index in [9.17, 15) is 18.0 Å². The topological polar surface area (TPSA) is 110 Å². The van der Waals surface area contributed by atoms with Crippen LogP contribution in [0, 0.1) is 0 Å². The van der Waals surface area contributed by atoms with Gasteiger partial charge in [0.1, 0.15) is 4.21 Å². The first-order valence-electron chi connectivity index (χ1n) is 7.46. The highest BCUT2D eigenvalue weighted by atomic mass is 32.2. The zero-order valence-corrected chi connectivity index (χ0v) is 15.2. The van der Waals surface area contributed by atoms with Crippen LogP contribution in [-0.4, -0.2) is 68.8 Å². The van der Waals surface area contributed by atoms with Crippen molar-refractivity contribution in [1.29, 1.82) is 0 Å². The number of thiophene rings is 1. The number of carbonyl (C=O) groups is 2. The Hall–Kier alpha value is -1.49. The monoisotopic (exact) mass is 375 g/mol. The predicted octanol–water partition coefficient (Wildman–Crippen LogP) is 0.105. The van der Waals surface area contributed by atoms with Gasteiger partial charge in [-0.1, -0.05) is 0 Å². The number of nitrogens with zero attached hydrogens (tertiary/aromatic N) is 2. The number of sulfonamides is 1. The van der Waals surface area contributed by atoms with E-state index in [0.29, 0.717) is 13.1 Å². The lowest BCUT2D eigenvalue weighted by atomic mass is 10.2. The number of piperazine rings is 1. The summed E-state index contributed by atoms with van der Waals surface area (Å²) < 4.78 is 31.3. The van der Waals surface area contributed by atoms with Gasteiger partial charge in [-0.25, -0.2) is 13.2 Å². The minimum absolute atomic E-state index is 0.0638. The Labute approximate surface area is 145 Å². The molecule has 1 fully saturated rings. The Balaban J connectivity index is 2.03. The molecule has 8 nitrogen and oxygen atoms in total.